The van der Waals surface area contributed by atoms with Crippen LogP contribution in [-0.2, 0) is 9.47 Å². The highest BCUT2D eigenvalue weighted by molar-refractivity contribution is 5.88. The van der Waals surface area contributed by atoms with E-state index in [9.17, 15) is 14.9 Å². The molecule has 0 aliphatic carbocycles. The van der Waals surface area contributed by atoms with Gasteiger partial charge in [0.25, 0.3) is 5.69 Å². The minimum Gasteiger partial charge on any atom is -0.444 e. The molecule has 2 rings (SSSR count). The van der Waals surface area contributed by atoms with Crippen molar-refractivity contribution in [2.24, 2.45) is 0 Å². The van der Waals surface area contributed by atoms with Crippen LogP contribution in [0.1, 0.15) is 32.4 Å². The van der Waals surface area contributed by atoms with Crippen molar-refractivity contribution in [2.75, 3.05) is 25.1 Å². The Morgan fingerprint density at radius 3 is 2.78 bits per heavy atom. The number of rotatable bonds is 3. The van der Waals surface area contributed by atoms with E-state index in [1.807, 2.05) is 0 Å². The molecule has 2 N–H and O–H groups in total. The minimum atomic E-state index is -0.731. The summed E-state index contributed by atoms with van der Waals surface area (Å²) in [4.78, 5) is 22.9. The zero-order valence-electron chi connectivity index (χ0n) is 13.4. The van der Waals surface area contributed by atoms with Crippen molar-refractivity contribution in [1.82, 2.24) is 5.32 Å². The van der Waals surface area contributed by atoms with Crippen LogP contribution in [0.5, 0.6) is 0 Å². The van der Waals surface area contributed by atoms with Gasteiger partial charge in [-0.05, 0) is 26.8 Å². The average Bonchev–Trinajstić information content (AvgIpc) is 2.45. The number of hydrogen-bond acceptors (Lipinski definition) is 6. The van der Waals surface area contributed by atoms with E-state index >= 15 is 0 Å². The van der Waals surface area contributed by atoms with Crippen molar-refractivity contribution in [3.05, 3.63) is 33.9 Å². The van der Waals surface area contributed by atoms with E-state index < -0.39 is 16.6 Å². The SMILES string of the molecule is CC(C)(C)OC(=O)Nc1cccc(C2COCCN2)c1[N+](=O)[O-]. The highest BCUT2D eigenvalue weighted by Crippen LogP contribution is 2.33. The third kappa shape index (κ3) is 4.64. The standard InChI is InChI=1S/C15H21N3O5/c1-15(2,3)23-14(19)17-11-6-4-5-10(13(11)18(20)21)12-9-22-8-7-16-12/h4-6,12,16H,7-9H2,1-3H3,(H,17,19). The first-order valence-corrected chi connectivity index (χ1v) is 7.36. The molecule has 1 fully saturated rings. The first-order chi connectivity index (χ1) is 10.8. The molecule has 1 aromatic carbocycles. The summed E-state index contributed by atoms with van der Waals surface area (Å²) in [5, 5.41) is 17.1. The number of nitrogens with one attached hydrogen (secondary N) is 2. The molecule has 0 aromatic heterocycles. The Bertz CT molecular complexity index is 591. The lowest BCUT2D eigenvalue weighted by atomic mass is 10.0. The molecule has 1 aliphatic heterocycles. The van der Waals surface area contributed by atoms with Crippen LogP contribution in [-0.4, -0.2) is 36.4 Å². The van der Waals surface area contributed by atoms with Crippen molar-refractivity contribution < 1.29 is 19.2 Å². The van der Waals surface area contributed by atoms with Gasteiger partial charge < -0.3 is 14.8 Å². The molecule has 1 saturated heterocycles. The first-order valence-electron chi connectivity index (χ1n) is 7.36. The molecule has 126 valence electrons. The van der Waals surface area contributed by atoms with Gasteiger partial charge in [0, 0.05) is 6.54 Å². The Labute approximate surface area is 134 Å². The number of anilines is 1. The van der Waals surface area contributed by atoms with E-state index in [-0.39, 0.29) is 17.4 Å². The van der Waals surface area contributed by atoms with E-state index in [2.05, 4.69) is 10.6 Å². The van der Waals surface area contributed by atoms with Gasteiger partial charge in [-0.2, -0.15) is 0 Å². The lowest BCUT2D eigenvalue weighted by Crippen LogP contribution is -2.35. The minimum absolute atomic E-state index is 0.106. The van der Waals surface area contributed by atoms with Crippen LogP contribution in [0.3, 0.4) is 0 Å². The number of para-hydroxylation sites is 1. The smallest absolute Gasteiger partial charge is 0.412 e. The largest absolute Gasteiger partial charge is 0.444 e. The van der Waals surface area contributed by atoms with Crippen LogP contribution in [0, 0.1) is 10.1 Å². The summed E-state index contributed by atoms with van der Waals surface area (Å²) in [5.41, 5.74) is -0.256. The summed E-state index contributed by atoms with van der Waals surface area (Å²) in [6.45, 7) is 6.70. The highest BCUT2D eigenvalue weighted by Gasteiger charge is 2.28. The Kier molecular flexibility index (Phi) is 5.17. The van der Waals surface area contributed by atoms with Gasteiger partial charge in [0.05, 0.1) is 29.7 Å². The molecule has 0 bridgehead atoms. The molecular formula is C15H21N3O5. The van der Waals surface area contributed by atoms with E-state index in [1.54, 1.807) is 32.9 Å². The first kappa shape index (κ1) is 17.2. The zero-order valence-corrected chi connectivity index (χ0v) is 13.4. The van der Waals surface area contributed by atoms with Crippen LogP contribution in [0.4, 0.5) is 16.2 Å². The summed E-state index contributed by atoms with van der Waals surface area (Å²) in [6, 6.07) is 4.51. The summed E-state index contributed by atoms with van der Waals surface area (Å²) >= 11 is 0. The number of hydrogen-bond donors (Lipinski definition) is 2. The molecule has 1 aromatic rings. The predicted octanol–water partition coefficient (Wildman–Crippen LogP) is 2.60. The monoisotopic (exact) mass is 323 g/mol. The number of carbonyl (C=O) groups is 1. The molecule has 8 nitrogen and oxygen atoms in total. The fourth-order valence-electron chi connectivity index (χ4n) is 2.33. The highest BCUT2D eigenvalue weighted by atomic mass is 16.6. The Morgan fingerprint density at radius 1 is 1.48 bits per heavy atom. The summed E-state index contributed by atoms with van der Waals surface area (Å²) in [7, 11) is 0. The number of carbonyl (C=O) groups excluding carboxylic acids is 1. The summed E-state index contributed by atoms with van der Waals surface area (Å²) in [6.07, 6.45) is -0.731. The van der Waals surface area contributed by atoms with Gasteiger partial charge in [-0.1, -0.05) is 12.1 Å². The van der Waals surface area contributed by atoms with Gasteiger partial charge in [-0.3, -0.25) is 15.4 Å². The molecule has 1 amide bonds. The Balaban J connectivity index is 2.29. The summed E-state index contributed by atoms with van der Waals surface area (Å²) < 4.78 is 10.5. The lowest BCUT2D eigenvalue weighted by Gasteiger charge is -2.24. The van der Waals surface area contributed by atoms with E-state index in [4.69, 9.17) is 9.47 Å². The molecule has 23 heavy (non-hydrogen) atoms. The van der Waals surface area contributed by atoms with Crippen LogP contribution >= 0.6 is 0 Å². The van der Waals surface area contributed by atoms with Gasteiger partial charge in [0.2, 0.25) is 0 Å². The maximum atomic E-state index is 11.9. The molecule has 8 heteroatoms. The number of nitro benzene ring substituents is 1. The Hall–Kier alpha value is -2.19. The number of nitro groups is 1. The number of nitrogens with zero attached hydrogens (tertiary/aromatic N) is 1. The summed E-state index contributed by atoms with van der Waals surface area (Å²) in [5.74, 6) is 0. The van der Waals surface area contributed by atoms with E-state index in [0.29, 0.717) is 25.3 Å². The van der Waals surface area contributed by atoms with Gasteiger partial charge >= 0.3 is 6.09 Å². The fourth-order valence-corrected chi connectivity index (χ4v) is 2.33. The number of benzene rings is 1. The van der Waals surface area contributed by atoms with E-state index in [0.717, 1.165) is 0 Å². The number of morpholine rings is 1. The average molecular weight is 323 g/mol. The molecule has 1 atom stereocenters. The molecule has 0 radical (unpaired) electrons. The molecule has 1 heterocycles. The zero-order chi connectivity index (χ0) is 17.0. The lowest BCUT2D eigenvalue weighted by molar-refractivity contribution is -0.384. The molecule has 0 spiro atoms. The van der Waals surface area contributed by atoms with Crippen molar-refractivity contribution in [3.63, 3.8) is 0 Å². The fraction of sp³-hybridized carbons (Fsp3) is 0.533. The molecule has 1 unspecified atom stereocenters. The van der Waals surface area contributed by atoms with Gasteiger partial charge in [-0.15, -0.1) is 0 Å². The predicted molar refractivity (Wildman–Crippen MR) is 84.5 cm³/mol. The maximum Gasteiger partial charge on any atom is 0.412 e. The molecular weight excluding hydrogens is 302 g/mol. The van der Waals surface area contributed by atoms with Crippen LogP contribution in [0.2, 0.25) is 0 Å². The second-order valence-electron chi connectivity index (χ2n) is 6.21. The van der Waals surface area contributed by atoms with Gasteiger partial charge in [-0.25, -0.2) is 4.79 Å². The van der Waals surface area contributed by atoms with Crippen molar-refractivity contribution in [2.45, 2.75) is 32.4 Å². The maximum absolute atomic E-state index is 11.9. The molecule has 0 saturated carbocycles. The Morgan fingerprint density at radius 2 is 2.22 bits per heavy atom. The third-order valence-electron chi connectivity index (χ3n) is 3.18. The van der Waals surface area contributed by atoms with Crippen molar-refractivity contribution in [1.29, 1.82) is 0 Å². The third-order valence-corrected chi connectivity index (χ3v) is 3.18. The number of ether oxygens (including phenoxy) is 2. The van der Waals surface area contributed by atoms with E-state index in [1.165, 1.54) is 6.07 Å². The van der Waals surface area contributed by atoms with Crippen molar-refractivity contribution >= 4 is 17.5 Å². The van der Waals surface area contributed by atoms with Crippen LogP contribution in [0.15, 0.2) is 18.2 Å². The van der Waals surface area contributed by atoms with Gasteiger partial charge in [0.15, 0.2) is 0 Å². The topological polar surface area (TPSA) is 103 Å². The second kappa shape index (κ2) is 6.93. The van der Waals surface area contributed by atoms with Crippen molar-refractivity contribution in [3.8, 4) is 0 Å². The normalized spacial score (nSPS) is 18.3. The quantitative estimate of drug-likeness (QED) is 0.654. The molecule has 1 aliphatic rings. The number of amides is 1. The van der Waals surface area contributed by atoms with Gasteiger partial charge in [0.1, 0.15) is 11.3 Å². The van der Waals surface area contributed by atoms with Crippen LogP contribution in [0.25, 0.3) is 0 Å². The van der Waals surface area contributed by atoms with Crippen LogP contribution < -0.4 is 10.6 Å². The second-order valence-corrected chi connectivity index (χ2v) is 6.21.